The molecule has 110 valence electrons. The first-order valence-electron chi connectivity index (χ1n) is 6.83. The smallest absolute Gasteiger partial charge is 0.307 e. The molecule has 0 aromatic carbocycles. The standard InChI is InChI=1S/C13H24N2O4/c1-3-19-13(17)4-7-15(2)10-12(16)14-11-5-8-18-9-6-11/h11H,3-10H2,1-2H3,(H,14,16). The molecule has 19 heavy (non-hydrogen) atoms. The predicted molar refractivity (Wildman–Crippen MR) is 70.7 cm³/mol. The van der Waals surface area contributed by atoms with Crippen molar-refractivity contribution in [2.75, 3.05) is 40.0 Å². The maximum atomic E-state index is 11.8. The van der Waals surface area contributed by atoms with Crippen molar-refractivity contribution in [3.05, 3.63) is 0 Å². The highest BCUT2D eigenvalue weighted by atomic mass is 16.5. The lowest BCUT2D eigenvalue weighted by atomic mass is 10.1. The van der Waals surface area contributed by atoms with Crippen molar-refractivity contribution in [3.8, 4) is 0 Å². The second-order valence-electron chi connectivity index (χ2n) is 4.75. The molecule has 0 aromatic rings. The summed E-state index contributed by atoms with van der Waals surface area (Å²) in [6.07, 6.45) is 2.06. The van der Waals surface area contributed by atoms with Crippen molar-refractivity contribution in [2.24, 2.45) is 0 Å². The summed E-state index contributed by atoms with van der Waals surface area (Å²) < 4.78 is 10.1. The fraction of sp³-hybridized carbons (Fsp3) is 0.846. The number of nitrogens with zero attached hydrogens (tertiary/aromatic N) is 1. The lowest BCUT2D eigenvalue weighted by Gasteiger charge is -2.24. The molecule has 1 heterocycles. The van der Waals surface area contributed by atoms with Gasteiger partial charge in [0.2, 0.25) is 5.91 Å². The average molecular weight is 272 g/mol. The molecule has 0 atom stereocenters. The number of hydrogen-bond acceptors (Lipinski definition) is 5. The van der Waals surface area contributed by atoms with Gasteiger partial charge in [0.1, 0.15) is 0 Å². The van der Waals surface area contributed by atoms with E-state index in [1.807, 2.05) is 11.9 Å². The Bertz CT molecular complexity index is 290. The molecule has 0 aliphatic carbocycles. The number of carbonyl (C=O) groups is 2. The molecule has 0 aromatic heterocycles. The van der Waals surface area contributed by atoms with Gasteiger partial charge in [0.15, 0.2) is 0 Å². The van der Waals surface area contributed by atoms with Crippen LogP contribution in [0.2, 0.25) is 0 Å². The second-order valence-corrected chi connectivity index (χ2v) is 4.75. The third-order valence-electron chi connectivity index (χ3n) is 3.00. The number of likely N-dealkylation sites (N-methyl/N-ethyl adjacent to an activating group) is 1. The van der Waals surface area contributed by atoms with E-state index in [0.29, 0.717) is 39.3 Å². The van der Waals surface area contributed by atoms with Gasteiger partial charge in [-0.05, 0) is 26.8 Å². The molecular formula is C13H24N2O4. The SMILES string of the molecule is CCOC(=O)CCN(C)CC(=O)NC1CCOCC1. The molecule has 1 aliphatic rings. The van der Waals surface area contributed by atoms with Gasteiger partial charge in [-0.15, -0.1) is 0 Å². The van der Waals surface area contributed by atoms with Gasteiger partial charge in [0.25, 0.3) is 0 Å². The van der Waals surface area contributed by atoms with Crippen LogP contribution in [0.1, 0.15) is 26.2 Å². The molecule has 0 bridgehead atoms. The minimum Gasteiger partial charge on any atom is -0.466 e. The van der Waals surface area contributed by atoms with E-state index in [4.69, 9.17) is 9.47 Å². The maximum Gasteiger partial charge on any atom is 0.307 e. The molecule has 1 N–H and O–H groups in total. The Balaban J connectivity index is 2.14. The maximum absolute atomic E-state index is 11.8. The summed E-state index contributed by atoms with van der Waals surface area (Å²) in [5, 5.41) is 2.99. The van der Waals surface area contributed by atoms with Crippen LogP contribution in [0.3, 0.4) is 0 Å². The third kappa shape index (κ3) is 7.12. The molecule has 6 heteroatoms. The van der Waals surface area contributed by atoms with Crippen molar-refractivity contribution < 1.29 is 19.1 Å². The topological polar surface area (TPSA) is 67.9 Å². The lowest BCUT2D eigenvalue weighted by Crippen LogP contribution is -2.43. The largest absolute Gasteiger partial charge is 0.466 e. The van der Waals surface area contributed by atoms with Crippen LogP contribution in [0.5, 0.6) is 0 Å². The molecule has 0 saturated carbocycles. The van der Waals surface area contributed by atoms with Gasteiger partial charge in [0, 0.05) is 25.8 Å². The van der Waals surface area contributed by atoms with Gasteiger partial charge < -0.3 is 14.8 Å². The van der Waals surface area contributed by atoms with Crippen molar-refractivity contribution in [1.82, 2.24) is 10.2 Å². The van der Waals surface area contributed by atoms with Crippen molar-refractivity contribution in [3.63, 3.8) is 0 Å². The van der Waals surface area contributed by atoms with Crippen molar-refractivity contribution >= 4 is 11.9 Å². The van der Waals surface area contributed by atoms with E-state index in [1.165, 1.54) is 0 Å². The van der Waals surface area contributed by atoms with Crippen LogP contribution in [-0.2, 0) is 19.1 Å². The minimum absolute atomic E-state index is 0.00161. The molecule has 6 nitrogen and oxygen atoms in total. The first kappa shape index (κ1) is 15.9. The van der Waals surface area contributed by atoms with Crippen molar-refractivity contribution in [2.45, 2.75) is 32.2 Å². The molecule has 1 saturated heterocycles. The number of carbonyl (C=O) groups excluding carboxylic acids is 2. The molecule has 1 rings (SSSR count). The van der Waals surface area contributed by atoms with Crippen LogP contribution in [0, 0.1) is 0 Å². The van der Waals surface area contributed by atoms with Crippen LogP contribution in [-0.4, -0.2) is 62.8 Å². The highest BCUT2D eigenvalue weighted by Crippen LogP contribution is 2.05. The highest BCUT2D eigenvalue weighted by molar-refractivity contribution is 5.78. The summed E-state index contributed by atoms with van der Waals surface area (Å²) in [5.74, 6) is -0.225. The highest BCUT2D eigenvalue weighted by Gasteiger charge is 2.17. The predicted octanol–water partition coefficient (Wildman–Crippen LogP) is 0.167. The van der Waals surface area contributed by atoms with Crippen LogP contribution < -0.4 is 5.32 Å². The van der Waals surface area contributed by atoms with E-state index >= 15 is 0 Å². The Morgan fingerprint density at radius 3 is 2.68 bits per heavy atom. The molecule has 0 spiro atoms. The number of ether oxygens (including phenoxy) is 2. The van der Waals surface area contributed by atoms with Gasteiger partial charge in [-0.25, -0.2) is 0 Å². The zero-order chi connectivity index (χ0) is 14.1. The molecule has 0 radical (unpaired) electrons. The molecule has 0 unspecified atom stereocenters. The quantitative estimate of drug-likeness (QED) is 0.669. The van der Waals surface area contributed by atoms with E-state index in [2.05, 4.69) is 5.32 Å². The van der Waals surface area contributed by atoms with Crippen LogP contribution >= 0.6 is 0 Å². The van der Waals surface area contributed by atoms with E-state index in [1.54, 1.807) is 6.92 Å². The Kier molecular flexibility index (Phi) is 7.43. The summed E-state index contributed by atoms with van der Waals surface area (Å²) in [6.45, 7) is 4.43. The number of nitrogens with one attached hydrogen (secondary N) is 1. The van der Waals surface area contributed by atoms with Gasteiger partial charge in [-0.1, -0.05) is 0 Å². The van der Waals surface area contributed by atoms with Crippen molar-refractivity contribution in [1.29, 1.82) is 0 Å². The van der Waals surface area contributed by atoms with E-state index in [0.717, 1.165) is 12.8 Å². The second kappa shape index (κ2) is 8.87. The third-order valence-corrected chi connectivity index (χ3v) is 3.00. The lowest BCUT2D eigenvalue weighted by molar-refractivity contribution is -0.143. The van der Waals surface area contributed by atoms with E-state index in [9.17, 15) is 9.59 Å². The van der Waals surface area contributed by atoms with Crippen LogP contribution in [0.25, 0.3) is 0 Å². The van der Waals surface area contributed by atoms with E-state index in [-0.39, 0.29) is 17.9 Å². The molecule has 1 fully saturated rings. The molecule has 1 amide bonds. The molecule has 1 aliphatic heterocycles. The normalized spacial score (nSPS) is 16.4. The van der Waals surface area contributed by atoms with Gasteiger partial charge in [0.05, 0.1) is 19.6 Å². The summed E-state index contributed by atoms with van der Waals surface area (Å²) in [5.41, 5.74) is 0. The van der Waals surface area contributed by atoms with Gasteiger partial charge in [-0.2, -0.15) is 0 Å². The first-order valence-corrected chi connectivity index (χ1v) is 6.83. The van der Waals surface area contributed by atoms with Crippen LogP contribution in [0.4, 0.5) is 0 Å². The zero-order valence-corrected chi connectivity index (χ0v) is 11.8. The summed E-state index contributed by atoms with van der Waals surface area (Å²) >= 11 is 0. The summed E-state index contributed by atoms with van der Waals surface area (Å²) in [4.78, 5) is 24.8. The minimum atomic E-state index is -0.223. The zero-order valence-electron chi connectivity index (χ0n) is 11.8. The fourth-order valence-corrected chi connectivity index (χ4v) is 1.95. The number of rotatable bonds is 7. The molecular weight excluding hydrogens is 248 g/mol. The first-order chi connectivity index (χ1) is 9.11. The Morgan fingerprint density at radius 2 is 2.05 bits per heavy atom. The Labute approximate surface area is 114 Å². The van der Waals surface area contributed by atoms with E-state index < -0.39 is 0 Å². The number of amides is 1. The monoisotopic (exact) mass is 272 g/mol. The Hall–Kier alpha value is -1.14. The Morgan fingerprint density at radius 1 is 1.37 bits per heavy atom. The summed E-state index contributed by atoms with van der Waals surface area (Å²) in [7, 11) is 1.82. The number of hydrogen-bond donors (Lipinski definition) is 1. The van der Waals surface area contributed by atoms with Gasteiger partial charge in [-0.3, -0.25) is 14.5 Å². The van der Waals surface area contributed by atoms with Gasteiger partial charge >= 0.3 is 5.97 Å². The van der Waals surface area contributed by atoms with Crippen LogP contribution in [0.15, 0.2) is 0 Å². The number of esters is 1. The fourth-order valence-electron chi connectivity index (χ4n) is 1.95. The summed E-state index contributed by atoms with van der Waals surface area (Å²) in [6, 6.07) is 0.222. The average Bonchev–Trinajstić information content (AvgIpc) is 2.38.